The second-order valence-electron chi connectivity index (χ2n) is 2.51. The van der Waals surface area contributed by atoms with Crippen LogP contribution in [-0.2, 0) is 6.54 Å². The molecule has 0 aliphatic rings. The Bertz CT molecular complexity index is 382. The van der Waals surface area contributed by atoms with E-state index in [1.54, 1.807) is 12.4 Å². The van der Waals surface area contributed by atoms with Crippen molar-refractivity contribution in [2.45, 2.75) is 6.54 Å². The van der Waals surface area contributed by atoms with E-state index in [4.69, 9.17) is 5.73 Å². The number of nitrogens with one attached hydrogen (secondary N) is 1. The molecule has 2 aromatic heterocycles. The van der Waals surface area contributed by atoms with Crippen LogP contribution in [0.25, 0.3) is 11.4 Å². The zero-order valence-electron chi connectivity index (χ0n) is 6.81. The zero-order chi connectivity index (χ0) is 9.10. The fourth-order valence-electron chi connectivity index (χ4n) is 0.969. The normalized spacial score (nSPS) is 10.2. The first-order chi connectivity index (χ1) is 6.40. The molecule has 0 aliphatic heterocycles. The quantitative estimate of drug-likeness (QED) is 0.656. The van der Waals surface area contributed by atoms with Crippen molar-refractivity contribution in [1.82, 2.24) is 25.6 Å². The van der Waals surface area contributed by atoms with Gasteiger partial charge in [-0.2, -0.15) is 20.5 Å². The van der Waals surface area contributed by atoms with Crippen LogP contribution in [-0.4, -0.2) is 25.6 Å². The lowest BCUT2D eigenvalue weighted by molar-refractivity contribution is 0.931. The lowest BCUT2D eigenvalue weighted by atomic mass is 10.2. The number of rotatable bonds is 2. The molecule has 6 heteroatoms. The lowest BCUT2D eigenvalue weighted by Gasteiger charge is -1.96. The molecule has 0 radical (unpaired) electrons. The summed E-state index contributed by atoms with van der Waals surface area (Å²) in [6.07, 6.45) is 3.22. The van der Waals surface area contributed by atoms with Crippen LogP contribution in [0.15, 0.2) is 18.5 Å². The summed E-state index contributed by atoms with van der Waals surface area (Å²) in [6.45, 7) is 0.445. The van der Waals surface area contributed by atoms with E-state index in [1.165, 1.54) is 0 Å². The molecule has 3 N–H and O–H groups in total. The highest BCUT2D eigenvalue weighted by molar-refractivity contribution is 5.51. The highest BCUT2D eigenvalue weighted by Crippen LogP contribution is 2.11. The monoisotopic (exact) mass is 176 g/mol. The van der Waals surface area contributed by atoms with Crippen LogP contribution in [0.4, 0.5) is 0 Å². The molecule has 0 unspecified atom stereocenters. The predicted octanol–water partition coefficient (Wildman–Crippen LogP) is -0.280. The van der Waals surface area contributed by atoms with Gasteiger partial charge in [0.05, 0.1) is 12.4 Å². The molecule has 0 bridgehead atoms. The summed E-state index contributed by atoms with van der Waals surface area (Å²) in [5.74, 6) is 0. The van der Waals surface area contributed by atoms with Crippen LogP contribution in [0, 0.1) is 0 Å². The van der Waals surface area contributed by atoms with Crippen molar-refractivity contribution in [3.63, 3.8) is 0 Å². The Labute approximate surface area is 74.2 Å². The predicted molar refractivity (Wildman–Crippen MR) is 45.3 cm³/mol. The highest BCUT2D eigenvalue weighted by atomic mass is 15.3. The summed E-state index contributed by atoms with van der Waals surface area (Å²) >= 11 is 0. The highest BCUT2D eigenvalue weighted by Gasteiger charge is 2.03. The first-order valence-electron chi connectivity index (χ1n) is 3.78. The largest absolute Gasteiger partial charge is 0.326 e. The van der Waals surface area contributed by atoms with E-state index in [9.17, 15) is 0 Å². The molecule has 0 atom stereocenters. The SMILES string of the molecule is NCc1cnnc(-c2cn[nH]n2)c1. The lowest BCUT2D eigenvalue weighted by Crippen LogP contribution is -1.99. The maximum absolute atomic E-state index is 5.46. The van der Waals surface area contributed by atoms with Gasteiger partial charge in [-0.1, -0.05) is 0 Å². The van der Waals surface area contributed by atoms with Crippen LogP contribution in [0.2, 0.25) is 0 Å². The van der Waals surface area contributed by atoms with Crippen LogP contribution in [0.3, 0.4) is 0 Å². The van der Waals surface area contributed by atoms with Crippen molar-refractivity contribution in [2.75, 3.05) is 0 Å². The van der Waals surface area contributed by atoms with Crippen LogP contribution >= 0.6 is 0 Å². The van der Waals surface area contributed by atoms with Gasteiger partial charge in [0.2, 0.25) is 0 Å². The molecule has 0 amide bonds. The minimum atomic E-state index is 0.445. The van der Waals surface area contributed by atoms with Crippen LogP contribution < -0.4 is 5.73 Å². The smallest absolute Gasteiger partial charge is 0.133 e. The van der Waals surface area contributed by atoms with Crippen molar-refractivity contribution in [1.29, 1.82) is 0 Å². The minimum absolute atomic E-state index is 0.445. The minimum Gasteiger partial charge on any atom is -0.326 e. The maximum Gasteiger partial charge on any atom is 0.133 e. The standard InChI is InChI=1S/C7H8N6/c8-2-5-1-6(11-9-3-5)7-4-10-13-12-7/h1,3-4H,2,8H2,(H,10,12,13). The molecular weight excluding hydrogens is 168 g/mol. The van der Waals surface area contributed by atoms with E-state index in [1.807, 2.05) is 6.07 Å². The van der Waals surface area contributed by atoms with Gasteiger partial charge in [-0.05, 0) is 11.6 Å². The molecule has 2 heterocycles. The number of hydrogen-bond donors (Lipinski definition) is 2. The Morgan fingerprint density at radius 1 is 1.31 bits per heavy atom. The molecule has 2 rings (SSSR count). The van der Waals surface area contributed by atoms with Gasteiger partial charge in [-0.3, -0.25) is 0 Å². The van der Waals surface area contributed by atoms with Gasteiger partial charge < -0.3 is 5.73 Å². The number of H-pyrrole nitrogens is 1. The van der Waals surface area contributed by atoms with Crippen molar-refractivity contribution < 1.29 is 0 Å². The number of aromatic nitrogens is 5. The molecule has 66 valence electrons. The summed E-state index contributed by atoms with van der Waals surface area (Å²) in [4.78, 5) is 0. The van der Waals surface area contributed by atoms with Gasteiger partial charge in [0.25, 0.3) is 0 Å². The molecule has 0 aliphatic carbocycles. The third-order valence-corrected chi connectivity index (χ3v) is 1.62. The topological polar surface area (TPSA) is 93.4 Å². The number of aromatic amines is 1. The molecule has 2 aromatic rings. The van der Waals surface area contributed by atoms with Crippen molar-refractivity contribution in [2.24, 2.45) is 5.73 Å². The van der Waals surface area contributed by atoms with E-state index in [0.717, 1.165) is 5.56 Å². The first-order valence-corrected chi connectivity index (χ1v) is 3.78. The zero-order valence-corrected chi connectivity index (χ0v) is 6.81. The summed E-state index contributed by atoms with van der Waals surface area (Å²) in [7, 11) is 0. The Hall–Kier alpha value is -1.82. The van der Waals surface area contributed by atoms with Gasteiger partial charge in [0, 0.05) is 6.54 Å². The molecule has 0 fully saturated rings. The van der Waals surface area contributed by atoms with Crippen molar-refractivity contribution >= 4 is 0 Å². The van der Waals surface area contributed by atoms with Crippen molar-refractivity contribution in [3.05, 3.63) is 24.0 Å². The number of nitrogens with two attached hydrogens (primary N) is 1. The average molecular weight is 176 g/mol. The molecule has 0 saturated heterocycles. The number of hydrogen-bond acceptors (Lipinski definition) is 5. The third-order valence-electron chi connectivity index (χ3n) is 1.62. The van der Waals surface area contributed by atoms with E-state index >= 15 is 0 Å². The van der Waals surface area contributed by atoms with Crippen LogP contribution in [0.1, 0.15) is 5.56 Å². The Kier molecular flexibility index (Phi) is 1.97. The fourth-order valence-corrected chi connectivity index (χ4v) is 0.969. The van der Waals surface area contributed by atoms with E-state index < -0.39 is 0 Å². The molecule has 13 heavy (non-hydrogen) atoms. The second-order valence-corrected chi connectivity index (χ2v) is 2.51. The summed E-state index contributed by atoms with van der Waals surface area (Å²) in [5.41, 5.74) is 7.73. The third kappa shape index (κ3) is 1.52. The van der Waals surface area contributed by atoms with Gasteiger partial charge in [-0.25, -0.2) is 0 Å². The van der Waals surface area contributed by atoms with Gasteiger partial charge in [-0.15, -0.1) is 5.10 Å². The molecule has 0 saturated carbocycles. The molecule has 0 spiro atoms. The van der Waals surface area contributed by atoms with Crippen LogP contribution in [0.5, 0.6) is 0 Å². The van der Waals surface area contributed by atoms with Crippen molar-refractivity contribution in [3.8, 4) is 11.4 Å². The van der Waals surface area contributed by atoms with Gasteiger partial charge >= 0.3 is 0 Å². The van der Waals surface area contributed by atoms with Gasteiger partial charge in [0.1, 0.15) is 11.4 Å². The van der Waals surface area contributed by atoms with Gasteiger partial charge in [0.15, 0.2) is 0 Å². The van der Waals surface area contributed by atoms with E-state index in [2.05, 4.69) is 25.6 Å². The first kappa shape index (κ1) is 7.81. The maximum atomic E-state index is 5.46. The van der Waals surface area contributed by atoms with E-state index in [-0.39, 0.29) is 0 Å². The Balaban J connectivity index is 2.41. The second kappa shape index (κ2) is 3.28. The number of nitrogens with zero attached hydrogens (tertiary/aromatic N) is 4. The summed E-state index contributed by atoms with van der Waals surface area (Å²) < 4.78 is 0. The molecule has 0 aromatic carbocycles. The summed E-state index contributed by atoms with van der Waals surface area (Å²) in [6, 6.07) is 1.84. The fraction of sp³-hybridized carbons (Fsp3) is 0.143. The van der Waals surface area contributed by atoms with E-state index in [0.29, 0.717) is 17.9 Å². The average Bonchev–Trinajstić information content (AvgIpc) is 2.71. The molecule has 6 nitrogen and oxygen atoms in total. The summed E-state index contributed by atoms with van der Waals surface area (Å²) in [5, 5.41) is 17.8. The molecular formula is C7H8N6. The Morgan fingerprint density at radius 2 is 2.23 bits per heavy atom. The Morgan fingerprint density at radius 3 is 2.92 bits per heavy atom.